The summed E-state index contributed by atoms with van der Waals surface area (Å²) in [5, 5.41) is 31.3. The highest BCUT2D eigenvalue weighted by Crippen LogP contribution is 2.25. The van der Waals surface area contributed by atoms with Crippen LogP contribution >= 0.6 is 0 Å². The smallest absolute Gasteiger partial charge is 0.254 e. The highest BCUT2D eigenvalue weighted by atomic mass is 16.3. The molecule has 18 heavy (non-hydrogen) atoms. The zero-order valence-electron chi connectivity index (χ0n) is 10.00. The van der Waals surface area contributed by atoms with Crippen molar-refractivity contribution in [1.29, 1.82) is 0 Å². The highest BCUT2D eigenvalue weighted by molar-refractivity contribution is 5.95. The Morgan fingerprint density at radius 3 is 2.61 bits per heavy atom. The Labute approximate surface area is 104 Å². The van der Waals surface area contributed by atoms with Crippen molar-refractivity contribution < 1.29 is 20.1 Å². The number of nitrogens with zero attached hydrogens (tertiary/aromatic N) is 1. The summed E-state index contributed by atoms with van der Waals surface area (Å²) in [7, 11) is 1.60. The van der Waals surface area contributed by atoms with Gasteiger partial charge >= 0.3 is 0 Å². The van der Waals surface area contributed by atoms with Crippen molar-refractivity contribution in [2.45, 2.75) is 12.1 Å². The molecule has 0 radical (unpaired) electrons. The number of likely N-dealkylation sites (N-methyl/N-ethyl adjacent to an activating group) is 1. The Hall–Kier alpha value is -1.79. The Balaban J connectivity index is 2.17. The number of carbonyl (C=O) groups excluding carboxylic acids is 1. The van der Waals surface area contributed by atoms with Crippen LogP contribution in [0.5, 0.6) is 11.5 Å². The van der Waals surface area contributed by atoms with Crippen LogP contribution < -0.4 is 5.32 Å². The van der Waals surface area contributed by atoms with Gasteiger partial charge in [-0.2, -0.15) is 0 Å². The lowest BCUT2D eigenvalue weighted by molar-refractivity contribution is 0.0581. The van der Waals surface area contributed by atoms with Crippen LogP contribution in [0, 0.1) is 0 Å². The van der Waals surface area contributed by atoms with Gasteiger partial charge in [-0.15, -0.1) is 0 Å². The number of β-amino-alcohol motifs (C(OH)–C–C–N with tert-alkyl or cyclic N) is 1. The van der Waals surface area contributed by atoms with E-state index in [0.29, 0.717) is 13.1 Å². The van der Waals surface area contributed by atoms with Crippen molar-refractivity contribution >= 4 is 5.91 Å². The number of aromatic hydroxyl groups is 2. The zero-order valence-corrected chi connectivity index (χ0v) is 10.00. The van der Waals surface area contributed by atoms with Gasteiger partial charge in [-0.1, -0.05) is 0 Å². The van der Waals surface area contributed by atoms with E-state index in [9.17, 15) is 20.1 Å². The van der Waals surface area contributed by atoms with Gasteiger partial charge in [0.25, 0.3) is 5.91 Å². The van der Waals surface area contributed by atoms with Gasteiger partial charge < -0.3 is 25.5 Å². The molecule has 1 amide bonds. The fourth-order valence-electron chi connectivity index (χ4n) is 2.06. The lowest BCUT2D eigenvalue weighted by atomic mass is 10.1. The van der Waals surface area contributed by atoms with Crippen molar-refractivity contribution in [2.75, 3.05) is 20.1 Å². The van der Waals surface area contributed by atoms with E-state index in [1.807, 2.05) is 0 Å². The predicted octanol–water partition coefficient (Wildman–Crippen LogP) is -0.497. The third-order valence-electron chi connectivity index (χ3n) is 3.19. The molecule has 0 unspecified atom stereocenters. The molecule has 2 rings (SSSR count). The number of rotatable bonds is 2. The maximum atomic E-state index is 12.1. The van der Waals surface area contributed by atoms with Gasteiger partial charge in [-0.25, -0.2) is 0 Å². The molecule has 2 atom stereocenters. The average molecular weight is 252 g/mol. The van der Waals surface area contributed by atoms with Crippen molar-refractivity contribution in [3.05, 3.63) is 23.8 Å². The van der Waals surface area contributed by atoms with Crippen molar-refractivity contribution in [3.8, 4) is 11.5 Å². The topological polar surface area (TPSA) is 93.0 Å². The van der Waals surface area contributed by atoms with E-state index in [0.717, 1.165) is 0 Å². The maximum absolute atomic E-state index is 12.1. The first-order valence-corrected chi connectivity index (χ1v) is 5.68. The van der Waals surface area contributed by atoms with Crippen molar-refractivity contribution in [1.82, 2.24) is 10.2 Å². The molecule has 0 spiro atoms. The molecule has 0 bridgehead atoms. The molecular formula is C12H16N2O4. The first-order chi connectivity index (χ1) is 8.50. The Bertz CT molecular complexity index is 463. The van der Waals surface area contributed by atoms with Gasteiger partial charge in [0.15, 0.2) is 11.5 Å². The van der Waals surface area contributed by atoms with E-state index < -0.39 is 6.10 Å². The fourth-order valence-corrected chi connectivity index (χ4v) is 2.06. The second-order valence-electron chi connectivity index (χ2n) is 4.41. The molecule has 6 heteroatoms. The average Bonchev–Trinajstić information content (AvgIpc) is 2.77. The van der Waals surface area contributed by atoms with E-state index in [1.54, 1.807) is 7.05 Å². The molecule has 0 saturated carbocycles. The number of phenols is 2. The molecular weight excluding hydrogens is 236 g/mol. The summed E-state index contributed by atoms with van der Waals surface area (Å²) in [5.41, 5.74) is 0.270. The van der Waals surface area contributed by atoms with Crippen LogP contribution in [0.1, 0.15) is 10.4 Å². The fraction of sp³-hybridized carbons (Fsp3) is 0.417. The second-order valence-corrected chi connectivity index (χ2v) is 4.41. The minimum Gasteiger partial charge on any atom is -0.504 e. The van der Waals surface area contributed by atoms with E-state index in [-0.39, 0.29) is 29.0 Å². The third kappa shape index (κ3) is 2.25. The Morgan fingerprint density at radius 2 is 2.06 bits per heavy atom. The number of benzene rings is 1. The minimum absolute atomic E-state index is 0.267. The number of nitrogens with one attached hydrogen (secondary N) is 1. The molecule has 6 nitrogen and oxygen atoms in total. The summed E-state index contributed by atoms with van der Waals surface area (Å²) >= 11 is 0. The maximum Gasteiger partial charge on any atom is 0.254 e. The van der Waals surface area contributed by atoms with Gasteiger partial charge in [0, 0.05) is 25.7 Å². The van der Waals surface area contributed by atoms with Crippen LogP contribution in [0.15, 0.2) is 18.2 Å². The standard InChI is InChI=1S/C12H16N2O4/c1-14(8-5-13-6-11(8)17)12(18)7-2-3-9(15)10(16)4-7/h2-4,8,11,13,15-17H,5-6H2,1H3/t8-,11-/m0/s1. The van der Waals surface area contributed by atoms with Gasteiger partial charge in [-0.3, -0.25) is 4.79 Å². The van der Waals surface area contributed by atoms with Gasteiger partial charge in [0.05, 0.1) is 12.1 Å². The van der Waals surface area contributed by atoms with E-state index in [4.69, 9.17) is 0 Å². The Kier molecular flexibility index (Phi) is 3.40. The van der Waals surface area contributed by atoms with E-state index in [1.165, 1.54) is 23.1 Å². The quantitative estimate of drug-likeness (QED) is 0.533. The van der Waals surface area contributed by atoms with Gasteiger partial charge in [-0.05, 0) is 18.2 Å². The number of aliphatic hydroxyl groups excluding tert-OH is 1. The van der Waals surface area contributed by atoms with Crippen LogP contribution in [0.3, 0.4) is 0 Å². The lowest BCUT2D eigenvalue weighted by Gasteiger charge is -2.26. The van der Waals surface area contributed by atoms with Crippen molar-refractivity contribution in [3.63, 3.8) is 0 Å². The zero-order chi connectivity index (χ0) is 13.3. The molecule has 1 fully saturated rings. The molecule has 1 aromatic rings. The number of phenolic OH excluding ortho intramolecular Hbond substituents is 2. The molecule has 0 aliphatic carbocycles. The summed E-state index contributed by atoms with van der Waals surface area (Å²) in [6.07, 6.45) is -0.593. The summed E-state index contributed by atoms with van der Waals surface area (Å²) in [6, 6.07) is 3.62. The Morgan fingerprint density at radius 1 is 1.33 bits per heavy atom. The summed E-state index contributed by atoms with van der Waals surface area (Å²) in [4.78, 5) is 13.6. The van der Waals surface area contributed by atoms with E-state index >= 15 is 0 Å². The molecule has 0 aromatic heterocycles. The van der Waals surface area contributed by atoms with Gasteiger partial charge in [0.1, 0.15) is 0 Å². The number of aliphatic hydroxyl groups is 1. The monoisotopic (exact) mass is 252 g/mol. The minimum atomic E-state index is -0.593. The number of hydrogen-bond acceptors (Lipinski definition) is 5. The SMILES string of the molecule is CN(C(=O)c1ccc(O)c(O)c1)[C@H]1CNC[C@@H]1O. The number of hydrogen-bond donors (Lipinski definition) is 4. The van der Waals surface area contributed by atoms with Crippen molar-refractivity contribution in [2.24, 2.45) is 0 Å². The molecule has 4 N–H and O–H groups in total. The second kappa shape index (κ2) is 4.83. The molecule has 1 heterocycles. The first-order valence-electron chi connectivity index (χ1n) is 5.68. The predicted molar refractivity (Wildman–Crippen MR) is 64.5 cm³/mol. The molecule has 1 aliphatic heterocycles. The third-order valence-corrected chi connectivity index (χ3v) is 3.19. The highest BCUT2D eigenvalue weighted by Gasteiger charge is 2.31. The first kappa shape index (κ1) is 12.7. The van der Waals surface area contributed by atoms with Crippen LogP contribution in [0.25, 0.3) is 0 Å². The molecule has 98 valence electrons. The molecule has 1 aromatic carbocycles. The van der Waals surface area contributed by atoms with E-state index in [2.05, 4.69) is 5.32 Å². The lowest BCUT2D eigenvalue weighted by Crippen LogP contribution is -2.44. The largest absolute Gasteiger partial charge is 0.504 e. The molecule has 1 saturated heterocycles. The number of amides is 1. The van der Waals surface area contributed by atoms with Crippen LogP contribution in [0.4, 0.5) is 0 Å². The number of carbonyl (C=O) groups is 1. The summed E-state index contributed by atoms with van der Waals surface area (Å²) < 4.78 is 0. The normalized spacial score (nSPS) is 23.0. The summed E-state index contributed by atoms with van der Waals surface area (Å²) in [5.74, 6) is -0.908. The van der Waals surface area contributed by atoms with Gasteiger partial charge in [0.2, 0.25) is 0 Å². The van der Waals surface area contributed by atoms with Crippen LogP contribution in [0.2, 0.25) is 0 Å². The van der Waals surface area contributed by atoms with Crippen LogP contribution in [-0.2, 0) is 0 Å². The van der Waals surface area contributed by atoms with Crippen LogP contribution in [-0.4, -0.2) is 58.4 Å². The molecule has 1 aliphatic rings. The summed E-state index contributed by atoms with van der Waals surface area (Å²) in [6.45, 7) is 0.997.